The van der Waals surface area contributed by atoms with Crippen molar-refractivity contribution in [1.82, 2.24) is 4.98 Å². The predicted molar refractivity (Wildman–Crippen MR) is 101 cm³/mol. The molecule has 3 aromatic rings. The van der Waals surface area contributed by atoms with Crippen molar-refractivity contribution < 1.29 is 4.74 Å². The van der Waals surface area contributed by atoms with Crippen LogP contribution in [-0.2, 0) is 0 Å². The van der Waals surface area contributed by atoms with E-state index in [-0.39, 0.29) is 0 Å². The lowest BCUT2D eigenvalue weighted by Crippen LogP contribution is -1.96. The maximum atomic E-state index is 5.63. The summed E-state index contributed by atoms with van der Waals surface area (Å²) in [5.41, 5.74) is 4.94. The van der Waals surface area contributed by atoms with Crippen molar-refractivity contribution >= 4 is 48.8 Å². The SMILES string of the molecule is CCCOc1ccc(/C=N\Nc2nc3ccccc3s2)cc1Br. The van der Waals surface area contributed by atoms with E-state index in [9.17, 15) is 0 Å². The Kier molecular flexibility index (Phi) is 5.25. The topological polar surface area (TPSA) is 46.5 Å². The van der Waals surface area contributed by atoms with Crippen LogP contribution in [0.3, 0.4) is 0 Å². The molecule has 0 spiro atoms. The number of halogens is 1. The highest BCUT2D eigenvalue weighted by atomic mass is 79.9. The molecular weight excluding hydrogens is 374 g/mol. The molecular formula is C17H16BrN3OS. The Bertz CT molecular complexity index is 799. The number of para-hydroxylation sites is 1. The number of thiazole rings is 1. The van der Waals surface area contributed by atoms with Crippen LogP contribution in [0.15, 0.2) is 52.0 Å². The summed E-state index contributed by atoms with van der Waals surface area (Å²) in [6.07, 6.45) is 2.75. The van der Waals surface area contributed by atoms with Crippen molar-refractivity contribution in [3.05, 3.63) is 52.5 Å². The van der Waals surface area contributed by atoms with E-state index in [0.29, 0.717) is 6.61 Å². The Morgan fingerprint density at radius 3 is 2.96 bits per heavy atom. The molecule has 0 saturated carbocycles. The van der Waals surface area contributed by atoms with Crippen LogP contribution in [0.25, 0.3) is 10.2 Å². The minimum atomic E-state index is 0.713. The van der Waals surface area contributed by atoms with E-state index in [1.165, 1.54) is 0 Å². The van der Waals surface area contributed by atoms with Gasteiger partial charge in [-0.2, -0.15) is 5.10 Å². The Hall–Kier alpha value is -1.92. The molecule has 1 N–H and O–H groups in total. The molecule has 23 heavy (non-hydrogen) atoms. The highest BCUT2D eigenvalue weighted by Crippen LogP contribution is 2.26. The van der Waals surface area contributed by atoms with Gasteiger partial charge in [0, 0.05) is 0 Å². The Labute approximate surface area is 147 Å². The summed E-state index contributed by atoms with van der Waals surface area (Å²) >= 11 is 5.10. The van der Waals surface area contributed by atoms with Crippen molar-refractivity contribution in [2.45, 2.75) is 13.3 Å². The maximum Gasteiger partial charge on any atom is 0.204 e. The number of rotatable bonds is 6. The van der Waals surface area contributed by atoms with Gasteiger partial charge in [-0.3, -0.25) is 5.43 Å². The molecule has 0 fully saturated rings. The molecule has 0 aliphatic carbocycles. The third kappa shape index (κ3) is 4.09. The van der Waals surface area contributed by atoms with Crippen LogP contribution in [0.4, 0.5) is 5.13 Å². The van der Waals surface area contributed by atoms with Gasteiger partial charge in [0.15, 0.2) is 0 Å². The second-order valence-electron chi connectivity index (χ2n) is 4.90. The molecule has 0 saturated heterocycles. The molecule has 4 nitrogen and oxygen atoms in total. The van der Waals surface area contributed by atoms with E-state index in [0.717, 1.165) is 37.6 Å². The van der Waals surface area contributed by atoms with Gasteiger partial charge in [-0.05, 0) is 58.2 Å². The number of aromatic nitrogens is 1. The molecule has 118 valence electrons. The summed E-state index contributed by atoms with van der Waals surface area (Å²) in [6.45, 7) is 2.80. The largest absolute Gasteiger partial charge is 0.492 e. The summed E-state index contributed by atoms with van der Waals surface area (Å²) in [5.74, 6) is 0.850. The minimum Gasteiger partial charge on any atom is -0.492 e. The van der Waals surface area contributed by atoms with E-state index in [1.807, 2.05) is 42.5 Å². The van der Waals surface area contributed by atoms with Crippen LogP contribution in [0, 0.1) is 0 Å². The number of anilines is 1. The highest BCUT2D eigenvalue weighted by Gasteiger charge is 2.02. The molecule has 2 aromatic carbocycles. The first-order chi connectivity index (χ1) is 11.3. The van der Waals surface area contributed by atoms with Gasteiger partial charge < -0.3 is 4.74 Å². The summed E-state index contributed by atoms with van der Waals surface area (Å²) in [7, 11) is 0. The number of benzene rings is 2. The fourth-order valence-corrected chi connectivity index (χ4v) is 3.33. The zero-order chi connectivity index (χ0) is 16.1. The highest BCUT2D eigenvalue weighted by molar-refractivity contribution is 9.10. The van der Waals surface area contributed by atoms with Crippen LogP contribution in [0.2, 0.25) is 0 Å². The smallest absolute Gasteiger partial charge is 0.204 e. The second kappa shape index (κ2) is 7.57. The Morgan fingerprint density at radius 1 is 1.30 bits per heavy atom. The number of fused-ring (bicyclic) bond motifs is 1. The third-order valence-electron chi connectivity index (χ3n) is 3.09. The molecule has 0 aliphatic heterocycles. The standard InChI is InChI=1S/C17H16BrN3OS/c1-2-9-22-15-8-7-12(10-13(15)18)11-19-21-17-20-14-5-3-4-6-16(14)23-17/h3-8,10-11H,2,9H2,1H3,(H,20,21)/b19-11-. The van der Waals surface area contributed by atoms with Crippen LogP contribution < -0.4 is 10.2 Å². The molecule has 3 rings (SSSR count). The second-order valence-corrected chi connectivity index (χ2v) is 6.78. The van der Waals surface area contributed by atoms with Crippen molar-refractivity contribution in [3.8, 4) is 5.75 Å². The molecule has 0 atom stereocenters. The zero-order valence-corrected chi connectivity index (χ0v) is 15.0. The lowest BCUT2D eigenvalue weighted by molar-refractivity contribution is 0.315. The number of ether oxygens (including phenoxy) is 1. The van der Waals surface area contributed by atoms with Gasteiger partial charge in [0.1, 0.15) is 5.75 Å². The molecule has 0 aliphatic rings. The normalized spacial score (nSPS) is 11.2. The molecule has 0 unspecified atom stereocenters. The first-order valence-electron chi connectivity index (χ1n) is 7.33. The van der Waals surface area contributed by atoms with Crippen LogP contribution in [0.1, 0.15) is 18.9 Å². The zero-order valence-electron chi connectivity index (χ0n) is 12.6. The molecule has 6 heteroatoms. The van der Waals surface area contributed by atoms with Crippen molar-refractivity contribution in [3.63, 3.8) is 0 Å². The number of hydrogen-bond donors (Lipinski definition) is 1. The summed E-state index contributed by atoms with van der Waals surface area (Å²) in [6, 6.07) is 13.9. The van der Waals surface area contributed by atoms with E-state index in [1.54, 1.807) is 17.6 Å². The fourth-order valence-electron chi connectivity index (χ4n) is 2.01. The van der Waals surface area contributed by atoms with Gasteiger partial charge in [0.2, 0.25) is 5.13 Å². The first-order valence-corrected chi connectivity index (χ1v) is 8.94. The van der Waals surface area contributed by atoms with Gasteiger partial charge in [-0.25, -0.2) is 4.98 Å². The van der Waals surface area contributed by atoms with Gasteiger partial charge in [0.25, 0.3) is 0 Å². The Balaban J connectivity index is 1.66. The first kappa shape index (κ1) is 16.0. The molecule has 1 heterocycles. The van der Waals surface area contributed by atoms with E-state index < -0.39 is 0 Å². The quantitative estimate of drug-likeness (QED) is 0.459. The summed E-state index contributed by atoms with van der Waals surface area (Å²) < 4.78 is 7.70. The lowest BCUT2D eigenvalue weighted by atomic mass is 10.2. The van der Waals surface area contributed by atoms with Crippen LogP contribution in [0.5, 0.6) is 5.75 Å². The summed E-state index contributed by atoms with van der Waals surface area (Å²) in [4.78, 5) is 4.47. The number of hydrazone groups is 1. The molecule has 0 radical (unpaired) electrons. The van der Waals surface area contributed by atoms with Gasteiger partial charge >= 0.3 is 0 Å². The average molecular weight is 390 g/mol. The van der Waals surface area contributed by atoms with Gasteiger partial charge in [-0.15, -0.1) is 0 Å². The van der Waals surface area contributed by atoms with Crippen molar-refractivity contribution in [2.24, 2.45) is 5.10 Å². The predicted octanol–water partition coefficient (Wildman–Crippen LogP) is 5.29. The monoisotopic (exact) mass is 389 g/mol. The Morgan fingerprint density at radius 2 is 2.17 bits per heavy atom. The lowest BCUT2D eigenvalue weighted by Gasteiger charge is -2.07. The molecule has 0 bridgehead atoms. The third-order valence-corrected chi connectivity index (χ3v) is 4.65. The maximum absolute atomic E-state index is 5.63. The van der Waals surface area contributed by atoms with Crippen LogP contribution in [-0.4, -0.2) is 17.8 Å². The van der Waals surface area contributed by atoms with Crippen molar-refractivity contribution in [2.75, 3.05) is 12.0 Å². The van der Waals surface area contributed by atoms with Gasteiger partial charge in [-0.1, -0.05) is 30.4 Å². The minimum absolute atomic E-state index is 0.713. The number of hydrogen-bond acceptors (Lipinski definition) is 5. The van der Waals surface area contributed by atoms with Crippen molar-refractivity contribution in [1.29, 1.82) is 0 Å². The van der Waals surface area contributed by atoms with E-state index in [4.69, 9.17) is 4.74 Å². The average Bonchev–Trinajstić information content (AvgIpc) is 2.97. The molecule has 0 amide bonds. The fraction of sp³-hybridized carbons (Fsp3) is 0.176. The van der Waals surface area contributed by atoms with Gasteiger partial charge in [0.05, 0.1) is 27.5 Å². The van der Waals surface area contributed by atoms with E-state index in [2.05, 4.69) is 38.4 Å². The molecule has 1 aromatic heterocycles. The number of nitrogens with zero attached hydrogens (tertiary/aromatic N) is 2. The van der Waals surface area contributed by atoms with Crippen LogP contribution >= 0.6 is 27.3 Å². The number of nitrogens with one attached hydrogen (secondary N) is 1. The van der Waals surface area contributed by atoms with E-state index >= 15 is 0 Å². The summed E-state index contributed by atoms with van der Waals surface area (Å²) in [5, 5.41) is 5.03.